The summed E-state index contributed by atoms with van der Waals surface area (Å²) >= 11 is 0. The normalized spacial score (nSPS) is 27.6. The molecule has 4 heterocycles. The van der Waals surface area contributed by atoms with Crippen molar-refractivity contribution in [3.05, 3.63) is 30.9 Å². The molecular formula is C17H23N7O4. The van der Waals surface area contributed by atoms with Gasteiger partial charge in [-0.25, -0.2) is 19.9 Å². The first-order valence-electron chi connectivity index (χ1n) is 9.15. The minimum Gasteiger partial charge on any atom is -0.394 e. The molecule has 1 fully saturated rings. The van der Waals surface area contributed by atoms with Crippen LogP contribution in [0.2, 0.25) is 0 Å². The number of rotatable bonds is 7. The van der Waals surface area contributed by atoms with Crippen molar-refractivity contribution in [2.45, 2.75) is 43.8 Å². The van der Waals surface area contributed by atoms with Gasteiger partial charge in [0.05, 0.1) is 6.61 Å². The number of H-pyrrole nitrogens is 1. The summed E-state index contributed by atoms with van der Waals surface area (Å²) in [4.78, 5) is 20.0. The van der Waals surface area contributed by atoms with E-state index in [1.54, 1.807) is 17.0 Å². The van der Waals surface area contributed by atoms with Crippen LogP contribution in [0.3, 0.4) is 0 Å². The third-order valence-electron chi connectivity index (χ3n) is 4.94. The Labute approximate surface area is 160 Å². The van der Waals surface area contributed by atoms with E-state index in [4.69, 9.17) is 15.2 Å². The van der Waals surface area contributed by atoms with Crippen LogP contribution >= 0.6 is 0 Å². The fourth-order valence-corrected chi connectivity index (χ4v) is 3.56. The number of ether oxygens (including phenoxy) is 2. The van der Waals surface area contributed by atoms with Crippen molar-refractivity contribution in [1.29, 1.82) is 0 Å². The predicted molar refractivity (Wildman–Crippen MR) is 98.0 cm³/mol. The molecule has 4 rings (SSSR count). The Morgan fingerprint density at radius 3 is 2.93 bits per heavy atom. The molecule has 1 aliphatic rings. The predicted octanol–water partition coefficient (Wildman–Crippen LogP) is -0.230. The summed E-state index contributed by atoms with van der Waals surface area (Å²) in [5.41, 5.74) is 5.31. The number of aliphatic hydroxyl groups is 2. The van der Waals surface area contributed by atoms with Crippen molar-refractivity contribution < 1.29 is 19.7 Å². The Balaban J connectivity index is 1.91. The minimum atomic E-state index is -1.42. The lowest BCUT2D eigenvalue weighted by atomic mass is 10.0. The molecule has 11 heteroatoms. The van der Waals surface area contributed by atoms with E-state index in [1.165, 1.54) is 12.7 Å². The molecule has 3 aromatic rings. The van der Waals surface area contributed by atoms with Crippen LogP contribution in [0.5, 0.6) is 0 Å². The third kappa shape index (κ3) is 2.75. The highest BCUT2D eigenvalue weighted by molar-refractivity contribution is 5.81. The van der Waals surface area contributed by atoms with E-state index in [0.29, 0.717) is 23.6 Å². The van der Waals surface area contributed by atoms with Gasteiger partial charge in [0.15, 0.2) is 17.3 Å². The molecule has 11 nitrogen and oxygen atoms in total. The molecule has 5 N–H and O–H groups in total. The van der Waals surface area contributed by atoms with Crippen molar-refractivity contribution in [2.24, 2.45) is 0 Å². The van der Waals surface area contributed by atoms with E-state index >= 15 is 0 Å². The number of nitrogens with two attached hydrogens (primary N) is 1. The van der Waals surface area contributed by atoms with Crippen LogP contribution in [0.15, 0.2) is 25.0 Å². The number of hydrogen-bond acceptors (Lipinski definition) is 9. The molecule has 0 amide bonds. The van der Waals surface area contributed by atoms with Gasteiger partial charge in [-0.2, -0.15) is 0 Å². The molecule has 0 spiro atoms. The number of hydrogen-bond donors (Lipinski definition) is 4. The summed E-state index contributed by atoms with van der Waals surface area (Å²) in [6.45, 7) is 2.07. The summed E-state index contributed by atoms with van der Waals surface area (Å²) < 4.78 is 13.9. The molecule has 0 unspecified atom stereocenters. The molecule has 3 aromatic heterocycles. The van der Waals surface area contributed by atoms with Gasteiger partial charge in [0, 0.05) is 19.0 Å². The average molecular weight is 389 g/mol. The van der Waals surface area contributed by atoms with E-state index < -0.39 is 24.0 Å². The fraction of sp³-hybridized carbons (Fsp3) is 0.529. The Hall–Kier alpha value is -2.60. The first-order chi connectivity index (χ1) is 13.6. The number of nitrogens with zero attached hydrogens (tertiary/aromatic N) is 5. The number of imidazole rings is 2. The number of nitrogens with one attached hydrogen (secondary N) is 1. The number of fused-ring (bicyclic) bond motifs is 1. The zero-order chi connectivity index (χ0) is 19.7. The summed E-state index contributed by atoms with van der Waals surface area (Å²) in [6, 6.07) is 0. The summed E-state index contributed by atoms with van der Waals surface area (Å²) in [7, 11) is 0. The van der Waals surface area contributed by atoms with Gasteiger partial charge < -0.3 is 30.4 Å². The Morgan fingerprint density at radius 2 is 2.21 bits per heavy atom. The number of anilines is 1. The van der Waals surface area contributed by atoms with Crippen molar-refractivity contribution in [3.63, 3.8) is 0 Å². The van der Waals surface area contributed by atoms with Crippen molar-refractivity contribution in [3.8, 4) is 0 Å². The van der Waals surface area contributed by atoms with Gasteiger partial charge in [0.1, 0.15) is 36.5 Å². The highest BCUT2D eigenvalue weighted by atomic mass is 16.6. The van der Waals surface area contributed by atoms with Crippen LogP contribution in [0, 0.1) is 0 Å². The largest absolute Gasteiger partial charge is 0.394 e. The van der Waals surface area contributed by atoms with Gasteiger partial charge >= 0.3 is 0 Å². The molecule has 28 heavy (non-hydrogen) atoms. The monoisotopic (exact) mass is 389 g/mol. The second kappa shape index (κ2) is 7.43. The minimum absolute atomic E-state index is 0.221. The van der Waals surface area contributed by atoms with Crippen molar-refractivity contribution in [1.82, 2.24) is 29.5 Å². The lowest BCUT2D eigenvalue weighted by Gasteiger charge is -2.34. The summed E-state index contributed by atoms with van der Waals surface area (Å²) in [5.74, 6) is 0.611. The lowest BCUT2D eigenvalue weighted by Crippen LogP contribution is -2.49. The number of aliphatic hydroxyl groups excluding tert-OH is 2. The first-order valence-corrected chi connectivity index (χ1v) is 9.15. The van der Waals surface area contributed by atoms with Crippen molar-refractivity contribution >= 4 is 17.0 Å². The smallest absolute Gasteiger partial charge is 0.236 e. The van der Waals surface area contributed by atoms with Gasteiger partial charge in [-0.15, -0.1) is 0 Å². The van der Waals surface area contributed by atoms with Crippen LogP contribution in [-0.2, 0) is 15.2 Å². The van der Waals surface area contributed by atoms with E-state index in [-0.39, 0.29) is 12.4 Å². The van der Waals surface area contributed by atoms with Gasteiger partial charge in [-0.1, -0.05) is 13.3 Å². The van der Waals surface area contributed by atoms with E-state index in [2.05, 4.69) is 24.9 Å². The van der Waals surface area contributed by atoms with Crippen molar-refractivity contribution in [2.75, 3.05) is 18.9 Å². The highest BCUT2D eigenvalue weighted by Crippen LogP contribution is 2.43. The van der Waals surface area contributed by atoms with Crippen LogP contribution in [0.25, 0.3) is 11.2 Å². The fourth-order valence-electron chi connectivity index (χ4n) is 3.56. The van der Waals surface area contributed by atoms with E-state index in [0.717, 1.165) is 12.8 Å². The van der Waals surface area contributed by atoms with E-state index in [9.17, 15) is 10.2 Å². The SMILES string of the molecule is CCCCO[C@@H]1[C@H](O)[C@@H](CO)O[C@@]1(c1ncc[nH]1)n1cnc2c(N)ncnc21. The lowest BCUT2D eigenvalue weighted by molar-refractivity contribution is -0.137. The standard InChI is InChI=1S/C17H23N7O4/c1-2-3-6-27-13-12(26)10(7-25)28-17(13,16-19-4-5-20-16)24-9-23-11-14(18)21-8-22-15(11)24/h4-5,8-10,12-13,25-26H,2-3,6-7H2,1H3,(H,19,20)(H2,18,21,22)/t10-,12-,13-,17+/m1/s1. The molecule has 0 saturated carbocycles. The molecular weight excluding hydrogens is 366 g/mol. The average Bonchev–Trinajstić information content (AvgIpc) is 3.42. The van der Waals surface area contributed by atoms with Crippen LogP contribution < -0.4 is 5.73 Å². The van der Waals surface area contributed by atoms with Crippen LogP contribution in [-0.4, -0.2) is 71.2 Å². The van der Waals surface area contributed by atoms with Crippen LogP contribution in [0.1, 0.15) is 25.6 Å². The van der Waals surface area contributed by atoms with Gasteiger partial charge in [-0.05, 0) is 6.42 Å². The Bertz CT molecular complexity index is 931. The maximum absolute atomic E-state index is 10.9. The maximum Gasteiger partial charge on any atom is 0.236 e. The molecule has 0 bridgehead atoms. The molecule has 1 saturated heterocycles. The zero-order valence-corrected chi connectivity index (χ0v) is 15.4. The van der Waals surface area contributed by atoms with Gasteiger partial charge in [0.2, 0.25) is 5.72 Å². The van der Waals surface area contributed by atoms with Crippen LogP contribution in [0.4, 0.5) is 5.82 Å². The number of aromatic amines is 1. The Kier molecular flexibility index (Phi) is 4.98. The molecule has 0 radical (unpaired) electrons. The molecule has 150 valence electrons. The maximum atomic E-state index is 10.9. The number of unbranched alkanes of at least 4 members (excludes halogenated alkanes) is 1. The summed E-state index contributed by atoms with van der Waals surface area (Å²) in [6.07, 6.45) is 4.94. The quantitative estimate of drug-likeness (QED) is 0.401. The van der Waals surface area contributed by atoms with Gasteiger partial charge in [0.25, 0.3) is 0 Å². The Morgan fingerprint density at radius 1 is 1.36 bits per heavy atom. The second-order valence-electron chi connectivity index (χ2n) is 6.65. The molecule has 4 atom stereocenters. The highest BCUT2D eigenvalue weighted by Gasteiger charge is 2.60. The molecule has 1 aliphatic heterocycles. The van der Waals surface area contributed by atoms with E-state index in [1.807, 2.05) is 6.92 Å². The molecule has 0 aromatic carbocycles. The third-order valence-corrected chi connectivity index (χ3v) is 4.94. The summed E-state index contributed by atoms with van der Waals surface area (Å²) in [5, 5.41) is 20.6. The number of nitrogen functional groups attached to an aromatic ring is 1. The number of aromatic nitrogens is 6. The zero-order valence-electron chi connectivity index (χ0n) is 15.4. The van der Waals surface area contributed by atoms with Gasteiger partial charge in [-0.3, -0.25) is 4.57 Å². The topological polar surface area (TPSA) is 157 Å². The molecule has 0 aliphatic carbocycles. The second-order valence-corrected chi connectivity index (χ2v) is 6.65. The first kappa shape index (κ1) is 18.7.